The molecule has 3 aromatic rings. The lowest BCUT2D eigenvalue weighted by atomic mass is 10.1. The maximum Gasteiger partial charge on any atom is 0.254 e. The minimum atomic E-state index is -0.459. The number of nitrogens with zero attached hydrogens (tertiary/aromatic N) is 2. The van der Waals surface area contributed by atoms with Crippen molar-refractivity contribution in [3.05, 3.63) is 95.1 Å². The number of halogens is 2. The van der Waals surface area contributed by atoms with Crippen molar-refractivity contribution >= 4 is 29.1 Å². The molecule has 0 spiro atoms. The van der Waals surface area contributed by atoms with E-state index in [1.165, 1.54) is 30.3 Å². The standard InChI is InChI=1S/C31H34F2N4O3/c1-21(2)17-29(38)35-26-11-12-28(27(19-26)30(39)34-20-22-7-9-24(32)10-8-22)36-13-4-14-37(16-15-36)31(40)23-5-3-6-25(33)18-23/h3,5-12,18-19,21H,4,13-17,20H2,1-2H3,(H,34,39)(H,35,38). The third-order valence-electron chi connectivity index (χ3n) is 6.68. The first-order valence-corrected chi connectivity index (χ1v) is 13.5. The molecule has 0 unspecified atom stereocenters. The van der Waals surface area contributed by atoms with Crippen LogP contribution in [0.15, 0.2) is 66.7 Å². The smallest absolute Gasteiger partial charge is 0.254 e. The van der Waals surface area contributed by atoms with Crippen LogP contribution >= 0.6 is 0 Å². The zero-order valence-corrected chi connectivity index (χ0v) is 22.8. The van der Waals surface area contributed by atoms with E-state index >= 15 is 0 Å². The number of hydrogen-bond acceptors (Lipinski definition) is 4. The number of amides is 3. The highest BCUT2D eigenvalue weighted by Crippen LogP contribution is 2.27. The van der Waals surface area contributed by atoms with Crippen molar-refractivity contribution in [3.8, 4) is 0 Å². The molecule has 1 saturated heterocycles. The van der Waals surface area contributed by atoms with Crippen molar-refractivity contribution < 1.29 is 23.2 Å². The number of carbonyl (C=O) groups is 3. The molecule has 0 bridgehead atoms. The Bertz CT molecular complexity index is 1360. The van der Waals surface area contributed by atoms with Gasteiger partial charge in [0, 0.05) is 56.1 Å². The van der Waals surface area contributed by atoms with E-state index in [2.05, 4.69) is 10.6 Å². The van der Waals surface area contributed by atoms with E-state index in [0.29, 0.717) is 61.5 Å². The summed E-state index contributed by atoms with van der Waals surface area (Å²) in [4.78, 5) is 42.6. The normalized spacial score (nSPS) is 13.6. The van der Waals surface area contributed by atoms with Crippen LogP contribution in [0.3, 0.4) is 0 Å². The zero-order chi connectivity index (χ0) is 28.6. The molecule has 1 aliphatic heterocycles. The van der Waals surface area contributed by atoms with Crippen LogP contribution in [0, 0.1) is 17.6 Å². The predicted octanol–water partition coefficient (Wildman–Crippen LogP) is 5.23. The Balaban J connectivity index is 1.53. The van der Waals surface area contributed by atoms with Crippen LogP contribution in [-0.2, 0) is 11.3 Å². The summed E-state index contributed by atoms with van der Waals surface area (Å²) in [6.07, 6.45) is 1.01. The van der Waals surface area contributed by atoms with E-state index in [4.69, 9.17) is 0 Å². The van der Waals surface area contributed by atoms with Crippen molar-refractivity contribution in [2.45, 2.75) is 33.2 Å². The van der Waals surface area contributed by atoms with E-state index in [0.717, 1.165) is 5.56 Å². The van der Waals surface area contributed by atoms with Crippen molar-refractivity contribution in [1.29, 1.82) is 0 Å². The van der Waals surface area contributed by atoms with Crippen LogP contribution < -0.4 is 15.5 Å². The number of anilines is 2. The van der Waals surface area contributed by atoms with Gasteiger partial charge in [0.25, 0.3) is 11.8 Å². The molecule has 40 heavy (non-hydrogen) atoms. The van der Waals surface area contributed by atoms with Gasteiger partial charge in [-0.3, -0.25) is 14.4 Å². The summed E-state index contributed by atoms with van der Waals surface area (Å²) >= 11 is 0. The maximum absolute atomic E-state index is 13.7. The molecule has 4 rings (SSSR count). The highest BCUT2D eigenvalue weighted by molar-refractivity contribution is 6.02. The third kappa shape index (κ3) is 7.65. The van der Waals surface area contributed by atoms with Gasteiger partial charge in [0.15, 0.2) is 0 Å². The van der Waals surface area contributed by atoms with Gasteiger partial charge in [-0.05, 0) is 66.4 Å². The first kappa shape index (κ1) is 28.7. The van der Waals surface area contributed by atoms with Crippen molar-refractivity contribution in [2.75, 3.05) is 36.4 Å². The molecule has 0 aliphatic carbocycles. The molecular weight excluding hydrogens is 514 g/mol. The summed E-state index contributed by atoms with van der Waals surface area (Å²) in [6, 6.07) is 16.8. The number of hydrogen-bond donors (Lipinski definition) is 2. The van der Waals surface area contributed by atoms with Crippen molar-refractivity contribution in [3.63, 3.8) is 0 Å². The Kier molecular flexibility index (Phi) is 9.47. The molecule has 210 valence electrons. The quantitative estimate of drug-likeness (QED) is 0.404. The zero-order valence-electron chi connectivity index (χ0n) is 22.8. The highest BCUT2D eigenvalue weighted by Gasteiger charge is 2.24. The molecule has 3 amide bonds. The highest BCUT2D eigenvalue weighted by atomic mass is 19.1. The maximum atomic E-state index is 13.7. The summed E-state index contributed by atoms with van der Waals surface area (Å²) in [6.45, 7) is 6.10. The van der Waals surface area contributed by atoms with Crippen LogP contribution in [0.1, 0.15) is 53.0 Å². The summed E-state index contributed by atoms with van der Waals surface area (Å²) in [7, 11) is 0. The van der Waals surface area contributed by atoms with E-state index in [1.54, 1.807) is 35.2 Å². The van der Waals surface area contributed by atoms with Gasteiger partial charge in [0.1, 0.15) is 11.6 Å². The fourth-order valence-electron chi connectivity index (χ4n) is 4.70. The Labute approximate surface area is 233 Å². The number of nitrogens with one attached hydrogen (secondary N) is 2. The third-order valence-corrected chi connectivity index (χ3v) is 6.68. The first-order chi connectivity index (χ1) is 19.2. The van der Waals surface area contributed by atoms with Crippen LogP contribution in [0.5, 0.6) is 0 Å². The molecule has 0 aromatic heterocycles. The molecule has 1 aliphatic rings. The van der Waals surface area contributed by atoms with Gasteiger partial charge in [0.05, 0.1) is 5.56 Å². The van der Waals surface area contributed by atoms with Crippen LogP contribution in [0.4, 0.5) is 20.2 Å². The Morgan fingerprint density at radius 3 is 2.38 bits per heavy atom. The lowest BCUT2D eigenvalue weighted by Gasteiger charge is -2.26. The molecule has 7 nitrogen and oxygen atoms in total. The molecular formula is C31H34F2N4O3. The predicted molar refractivity (Wildman–Crippen MR) is 151 cm³/mol. The first-order valence-electron chi connectivity index (χ1n) is 13.5. The van der Waals surface area contributed by atoms with E-state index in [-0.39, 0.29) is 36.0 Å². The van der Waals surface area contributed by atoms with Crippen LogP contribution in [0.2, 0.25) is 0 Å². The van der Waals surface area contributed by atoms with Gasteiger partial charge < -0.3 is 20.4 Å². The molecule has 0 saturated carbocycles. The Hall–Kier alpha value is -4.27. The van der Waals surface area contributed by atoms with Crippen LogP contribution in [0.25, 0.3) is 0 Å². The SMILES string of the molecule is CC(C)CC(=O)Nc1ccc(N2CCCN(C(=O)c3cccc(F)c3)CC2)c(C(=O)NCc2ccc(F)cc2)c1. The lowest BCUT2D eigenvalue weighted by molar-refractivity contribution is -0.116. The summed E-state index contributed by atoms with van der Waals surface area (Å²) in [5, 5.41) is 5.77. The lowest BCUT2D eigenvalue weighted by Crippen LogP contribution is -2.36. The fourth-order valence-corrected chi connectivity index (χ4v) is 4.70. The minimum Gasteiger partial charge on any atom is -0.369 e. The molecule has 1 fully saturated rings. The Morgan fingerprint density at radius 2 is 1.65 bits per heavy atom. The second-order valence-corrected chi connectivity index (χ2v) is 10.3. The molecule has 3 aromatic carbocycles. The van der Waals surface area contributed by atoms with Gasteiger partial charge in [-0.1, -0.05) is 32.0 Å². The van der Waals surface area contributed by atoms with Gasteiger partial charge in [-0.15, -0.1) is 0 Å². The van der Waals surface area contributed by atoms with Gasteiger partial charge in [-0.25, -0.2) is 8.78 Å². The topological polar surface area (TPSA) is 81.8 Å². The van der Waals surface area contributed by atoms with E-state index in [1.807, 2.05) is 24.8 Å². The van der Waals surface area contributed by atoms with Gasteiger partial charge in [0.2, 0.25) is 5.91 Å². The molecule has 9 heteroatoms. The van der Waals surface area contributed by atoms with Crippen molar-refractivity contribution in [1.82, 2.24) is 10.2 Å². The van der Waals surface area contributed by atoms with Crippen molar-refractivity contribution in [2.24, 2.45) is 5.92 Å². The fraction of sp³-hybridized carbons (Fsp3) is 0.323. The number of carbonyl (C=O) groups excluding carboxylic acids is 3. The molecule has 1 heterocycles. The second kappa shape index (κ2) is 13.2. The van der Waals surface area contributed by atoms with Crippen LogP contribution in [-0.4, -0.2) is 48.8 Å². The monoisotopic (exact) mass is 548 g/mol. The molecule has 0 atom stereocenters. The number of rotatable bonds is 8. The summed E-state index contributed by atoms with van der Waals surface area (Å²) < 4.78 is 27.0. The molecule has 2 N–H and O–H groups in total. The van der Waals surface area contributed by atoms with Gasteiger partial charge >= 0.3 is 0 Å². The summed E-state index contributed by atoms with van der Waals surface area (Å²) in [5.74, 6) is -1.33. The summed E-state index contributed by atoms with van der Waals surface area (Å²) in [5.41, 5.74) is 2.63. The largest absolute Gasteiger partial charge is 0.369 e. The Morgan fingerprint density at radius 1 is 0.875 bits per heavy atom. The second-order valence-electron chi connectivity index (χ2n) is 10.3. The number of benzene rings is 3. The van der Waals surface area contributed by atoms with E-state index < -0.39 is 5.82 Å². The average molecular weight is 549 g/mol. The van der Waals surface area contributed by atoms with Gasteiger partial charge in [-0.2, -0.15) is 0 Å². The van der Waals surface area contributed by atoms with E-state index in [9.17, 15) is 23.2 Å². The molecule has 0 radical (unpaired) electrons. The minimum absolute atomic E-state index is 0.137. The average Bonchev–Trinajstić information content (AvgIpc) is 3.18.